The van der Waals surface area contributed by atoms with Crippen LogP contribution < -0.4 is 10.5 Å². The van der Waals surface area contributed by atoms with Gasteiger partial charge in [-0.1, -0.05) is 18.2 Å². The van der Waals surface area contributed by atoms with E-state index in [1.807, 2.05) is 0 Å². The Bertz CT molecular complexity index is 435. The molecule has 2 N–H and O–H groups in total. The Kier molecular flexibility index (Phi) is 5.17. The molecule has 0 radical (unpaired) electrons. The summed E-state index contributed by atoms with van der Waals surface area (Å²) in [6.07, 6.45) is -4.60. The van der Waals surface area contributed by atoms with Crippen LogP contribution in [0.15, 0.2) is 24.3 Å². The molecule has 1 aromatic rings. The van der Waals surface area contributed by atoms with Gasteiger partial charge in [-0.15, -0.1) is 13.2 Å². The summed E-state index contributed by atoms with van der Waals surface area (Å²) in [6, 6.07) is 5.71. The zero-order chi connectivity index (χ0) is 14.5. The zero-order valence-corrected chi connectivity index (χ0v) is 10.4. The number of nitrogens with zero attached hydrogens (tertiary/aromatic N) is 1. The van der Waals surface area contributed by atoms with Crippen LogP contribution in [0.3, 0.4) is 0 Å². The van der Waals surface area contributed by atoms with Crippen LogP contribution in [-0.4, -0.2) is 30.8 Å². The molecule has 0 aliphatic rings. The Labute approximate surface area is 108 Å². The summed E-state index contributed by atoms with van der Waals surface area (Å²) in [5, 5.41) is 0. The zero-order valence-electron chi connectivity index (χ0n) is 10.4. The second-order valence-corrected chi connectivity index (χ2v) is 3.94. The molecule has 1 rings (SSSR count). The van der Waals surface area contributed by atoms with Gasteiger partial charge in [0.05, 0.1) is 0 Å². The molecule has 0 spiro atoms. The first-order chi connectivity index (χ1) is 8.83. The number of para-hydroxylation sites is 1. The van der Waals surface area contributed by atoms with Gasteiger partial charge in [0.2, 0.25) is 5.91 Å². The molecule has 0 bridgehead atoms. The molecule has 0 atom stereocenters. The summed E-state index contributed by atoms with van der Waals surface area (Å²) >= 11 is 0. The van der Waals surface area contributed by atoms with Gasteiger partial charge in [-0.3, -0.25) is 4.79 Å². The predicted molar refractivity (Wildman–Crippen MR) is 63.3 cm³/mol. The lowest BCUT2D eigenvalue weighted by atomic mass is 10.2. The molecular weight excluding hydrogens is 261 g/mol. The molecule has 1 amide bonds. The summed E-state index contributed by atoms with van der Waals surface area (Å²) in [5.41, 5.74) is 5.54. The first-order valence-corrected chi connectivity index (χ1v) is 5.61. The van der Waals surface area contributed by atoms with Crippen molar-refractivity contribution in [3.63, 3.8) is 0 Å². The highest BCUT2D eigenvalue weighted by Crippen LogP contribution is 2.26. The normalized spacial score (nSPS) is 11.2. The maximum absolute atomic E-state index is 12.2. The van der Waals surface area contributed by atoms with E-state index in [0.717, 1.165) is 0 Å². The maximum Gasteiger partial charge on any atom is 0.573 e. The van der Waals surface area contributed by atoms with Crippen molar-refractivity contribution in [3.8, 4) is 5.75 Å². The SMILES string of the molecule is CN(Cc1ccccc1OC(F)(F)F)C(=O)CCN. The van der Waals surface area contributed by atoms with Crippen LogP contribution in [-0.2, 0) is 11.3 Å². The minimum absolute atomic E-state index is 0.0328. The molecule has 0 aromatic heterocycles. The van der Waals surface area contributed by atoms with Crippen LogP contribution in [0.2, 0.25) is 0 Å². The molecule has 0 aliphatic carbocycles. The van der Waals surface area contributed by atoms with Crippen molar-refractivity contribution < 1.29 is 22.7 Å². The van der Waals surface area contributed by atoms with Gasteiger partial charge in [-0.25, -0.2) is 0 Å². The van der Waals surface area contributed by atoms with Crippen molar-refractivity contribution in [2.24, 2.45) is 5.73 Å². The van der Waals surface area contributed by atoms with Gasteiger partial charge < -0.3 is 15.4 Å². The third kappa shape index (κ3) is 5.17. The number of carbonyl (C=O) groups excluding carboxylic acids is 1. The molecule has 4 nitrogen and oxygen atoms in total. The Morgan fingerprint density at radius 1 is 1.37 bits per heavy atom. The minimum atomic E-state index is -4.75. The van der Waals surface area contributed by atoms with E-state index in [9.17, 15) is 18.0 Å². The van der Waals surface area contributed by atoms with Crippen LogP contribution in [0.4, 0.5) is 13.2 Å². The highest BCUT2D eigenvalue weighted by Gasteiger charge is 2.32. The topological polar surface area (TPSA) is 55.6 Å². The number of hydrogen-bond donors (Lipinski definition) is 1. The van der Waals surface area contributed by atoms with Crippen LogP contribution >= 0.6 is 0 Å². The van der Waals surface area contributed by atoms with E-state index in [2.05, 4.69) is 4.74 Å². The standard InChI is InChI=1S/C12H15F3N2O2/c1-17(11(18)6-7-16)8-9-4-2-3-5-10(9)19-12(13,14)15/h2-5H,6-8,16H2,1H3. The number of ether oxygens (including phenoxy) is 1. The summed E-state index contributed by atoms with van der Waals surface area (Å²) in [7, 11) is 1.50. The maximum atomic E-state index is 12.2. The lowest BCUT2D eigenvalue weighted by Gasteiger charge is -2.19. The third-order valence-electron chi connectivity index (χ3n) is 2.39. The summed E-state index contributed by atoms with van der Waals surface area (Å²) in [5.74, 6) is -0.535. The predicted octanol–water partition coefficient (Wildman–Crippen LogP) is 1.89. The molecule has 0 saturated heterocycles. The first kappa shape index (κ1) is 15.3. The molecule has 106 valence electrons. The fourth-order valence-corrected chi connectivity index (χ4v) is 1.52. The number of halogens is 3. The fraction of sp³-hybridized carbons (Fsp3) is 0.417. The van der Waals surface area contributed by atoms with E-state index in [1.165, 1.54) is 30.1 Å². The van der Waals surface area contributed by atoms with Crippen molar-refractivity contribution in [2.45, 2.75) is 19.3 Å². The second kappa shape index (κ2) is 6.42. The lowest BCUT2D eigenvalue weighted by molar-refractivity contribution is -0.274. The highest BCUT2D eigenvalue weighted by atomic mass is 19.4. The van der Waals surface area contributed by atoms with Crippen molar-refractivity contribution in [1.82, 2.24) is 4.90 Å². The van der Waals surface area contributed by atoms with Gasteiger partial charge in [0.15, 0.2) is 0 Å². The molecular formula is C12H15F3N2O2. The highest BCUT2D eigenvalue weighted by molar-refractivity contribution is 5.76. The van der Waals surface area contributed by atoms with Crippen molar-refractivity contribution >= 4 is 5.91 Å². The quantitative estimate of drug-likeness (QED) is 0.893. The Balaban J connectivity index is 2.80. The number of rotatable bonds is 5. The molecule has 0 unspecified atom stereocenters. The number of amides is 1. The van der Waals surface area contributed by atoms with Gasteiger partial charge in [-0.05, 0) is 6.07 Å². The van der Waals surface area contributed by atoms with E-state index in [1.54, 1.807) is 6.07 Å². The van der Waals surface area contributed by atoms with E-state index in [4.69, 9.17) is 5.73 Å². The Morgan fingerprint density at radius 3 is 2.58 bits per heavy atom. The van der Waals surface area contributed by atoms with E-state index in [-0.39, 0.29) is 36.7 Å². The number of nitrogens with two attached hydrogens (primary N) is 1. The summed E-state index contributed by atoms with van der Waals surface area (Å²) in [6.45, 7) is 0.231. The van der Waals surface area contributed by atoms with E-state index < -0.39 is 6.36 Å². The number of alkyl halides is 3. The van der Waals surface area contributed by atoms with Crippen LogP contribution in [0.5, 0.6) is 5.75 Å². The van der Waals surface area contributed by atoms with Gasteiger partial charge >= 0.3 is 6.36 Å². The average molecular weight is 276 g/mol. The average Bonchev–Trinajstić information content (AvgIpc) is 2.30. The van der Waals surface area contributed by atoms with Gasteiger partial charge in [0.25, 0.3) is 0 Å². The minimum Gasteiger partial charge on any atom is -0.405 e. The third-order valence-corrected chi connectivity index (χ3v) is 2.39. The van der Waals surface area contributed by atoms with Gasteiger partial charge in [-0.2, -0.15) is 0 Å². The van der Waals surface area contributed by atoms with E-state index in [0.29, 0.717) is 0 Å². The van der Waals surface area contributed by atoms with E-state index >= 15 is 0 Å². The molecule has 19 heavy (non-hydrogen) atoms. The molecule has 0 aliphatic heterocycles. The van der Waals surface area contributed by atoms with Crippen molar-refractivity contribution in [1.29, 1.82) is 0 Å². The smallest absolute Gasteiger partial charge is 0.405 e. The molecule has 1 aromatic carbocycles. The summed E-state index contributed by atoms with van der Waals surface area (Å²) in [4.78, 5) is 12.8. The van der Waals surface area contributed by atoms with Gasteiger partial charge in [0, 0.05) is 32.1 Å². The number of hydrogen-bond acceptors (Lipinski definition) is 3. The number of carbonyl (C=O) groups is 1. The van der Waals surface area contributed by atoms with Crippen LogP contribution in [0.25, 0.3) is 0 Å². The number of benzene rings is 1. The van der Waals surface area contributed by atoms with Crippen LogP contribution in [0.1, 0.15) is 12.0 Å². The monoisotopic (exact) mass is 276 g/mol. The Morgan fingerprint density at radius 2 is 2.00 bits per heavy atom. The largest absolute Gasteiger partial charge is 0.573 e. The summed E-state index contributed by atoms with van der Waals surface area (Å²) < 4.78 is 40.6. The molecule has 0 saturated carbocycles. The molecule has 0 heterocycles. The molecule has 0 fully saturated rings. The first-order valence-electron chi connectivity index (χ1n) is 5.61. The lowest BCUT2D eigenvalue weighted by Crippen LogP contribution is -2.28. The van der Waals surface area contributed by atoms with Crippen LogP contribution in [0, 0.1) is 0 Å². The van der Waals surface area contributed by atoms with Crippen molar-refractivity contribution in [3.05, 3.63) is 29.8 Å². The fourth-order valence-electron chi connectivity index (χ4n) is 1.52. The molecule has 7 heteroatoms. The van der Waals surface area contributed by atoms with Gasteiger partial charge in [0.1, 0.15) is 5.75 Å². The second-order valence-electron chi connectivity index (χ2n) is 3.94. The Hall–Kier alpha value is -1.76. The van der Waals surface area contributed by atoms with Crippen molar-refractivity contribution in [2.75, 3.05) is 13.6 Å².